The Labute approximate surface area is 134 Å². The summed E-state index contributed by atoms with van der Waals surface area (Å²) in [4.78, 5) is 20.8. The van der Waals surface area contributed by atoms with E-state index in [0.29, 0.717) is 29.4 Å². The van der Waals surface area contributed by atoms with Gasteiger partial charge in [-0.05, 0) is 30.3 Å². The molecular formula is C16H17ClN4O. The van der Waals surface area contributed by atoms with E-state index < -0.39 is 0 Å². The van der Waals surface area contributed by atoms with Crippen LogP contribution < -0.4 is 10.6 Å². The number of amides is 1. The summed E-state index contributed by atoms with van der Waals surface area (Å²) in [5.74, 6) is 0.913. The SMILES string of the molecule is Nc1cccc(C(=O)N2CCN(c3ccc(Cl)cn3)CC2)c1. The molecule has 3 rings (SSSR count). The molecule has 1 aromatic carbocycles. The third-order valence-electron chi connectivity index (χ3n) is 3.74. The fourth-order valence-electron chi connectivity index (χ4n) is 2.55. The zero-order valence-electron chi connectivity index (χ0n) is 12.1. The minimum atomic E-state index is 0.0241. The minimum Gasteiger partial charge on any atom is -0.399 e. The van der Waals surface area contributed by atoms with Crippen molar-refractivity contribution in [3.05, 3.63) is 53.2 Å². The van der Waals surface area contributed by atoms with Crippen LogP contribution in [0.3, 0.4) is 0 Å². The number of halogens is 1. The van der Waals surface area contributed by atoms with Gasteiger partial charge in [0.05, 0.1) is 5.02 Å². The predicted molar refractivity (Wildman–Crippen MR) is 88.2 cm³/mol. The molecule has 0 saturated carbocycles. The maximum atomic E-state index is 12.5. The Balaban J connectivity index is 1.64. The van der Waals surface area contributed by atoms with Gasteiger partial charge < -0.3 is 15.5 Å². The molecule has 1 fully saturated rings. The van der Waals surface area contributed by atoms with Crippen molar-refractivity contribution in [3.8, 4) is 0 Å². The number of piperazine rings is 1. The number of aromatic nitrogens is 1. The van der Waals surface area contributed by atoms with Crippen LogP contribution in [-0.2, 0) is 0 Å². The van der Waals surface area contributed by atoms with Gasteiger partial charge >= 0.3 is 0 Å². The van der Waals surface area contributed by atoms with Gasteiger partial charge in [-0.1, -0.05) is 17.7 Å². The highest BCUT2D eigenvalue weighted by Gasteiger charge is 2.22. The van der Waals surface area contributed by atoms with Crippen molar-refractivity contribution in [2.75, 3.05) is 36.8 Å². The Morgan fingerprint density at radius 2 is 1.91 bits per heavy atom. The quantitative estimate of drug-likeness (QED) is 0.863. The number of nitrogens with zero attached hydrogens (tertiary/aromatic N) is 3. The van der Waals surface area contributed by atoms with Crippen LogP contribution in [0.15, 0.2) is 42.6 Å². The van der Waals surface area contributed by atoms with Crippen molar-refractivity contribution < 1.29 is 4.79 Å². The van der Waals surface area contributed by atoms with E-state index in [1.54, 1.807) is 30.5 Å². The average Bonchev–Trinajstić information content (AvgIpc) is 2.55. The standard InChI is InChI=1S/C16H17ClN4O/c17-13-4-5-15(19-11-13)20-6-8-21(9-7-20)16(22)12-2-1-3-14(18)10-12/h1-5,10-11H,6-9,18H2. The van der Waals surface area contributed by atoms with Crippen molar-refractivity contribution in [1.29, 1.82) is 0 Å². The first-order valence-corrected chi connectivity index (χ1v) is 7.52. The molecule has 2 N–H and O–H groups in total. The van der Waals surface area contributed by atoms with Crippen LogP contribution in [0.4, 0.5) is 11.5 Å². The van der Waals surface area contributed by atoms with Crippen molar-refractivity contribution in [2.24, 2.45) is 0 Å². The lowest BCUT2D eigenvalue weighted by Gasteiger charge is -2.35. The number of nitrogen functional groups attached to an aromatic ring is 1. The number of hydrogen-bond acceptors (Lipinski definition) is 4. The van der Waals surface area contributed by atoms with E-state index in [1.807, 2.05) is 17.0 Å². The predicted octanol–water partition coefficient (Wildman–Crippen LogP) is 2.28. The molecule has 0 radical (unpaired) electrons. The van der Waals surface area contributed by atoms with Crippen LogP contribution >= 0.6 is 11.6 Å². The number of anilines is 2. The summed E-state index contributed by atoms with van der Waals surface area (Å²) >= 11 is 5.85. The highest BCUT2D eigenvalue weighted by molar-refractivity contribution is 6.30. The molecule has 2 heterocycles. The van der Waals surface area contributed by atoms with Crippen LogP contribution in [-0.4, -0.2) is 42.0 Å². The van der Waals surface area contributed by atoms with Crippen LogP contribution in [0.5, 0.6) is 0 Å². The van der Waals surface area contributed by atoms with E-state index in [2.05, 4.69) is 9.88 Å². The Hall–Kier alpha value is -2.27. The number of carbonyl (C=O) groups excluding carboxylic acids is 1. The number of rotatable bonds is 2. The Morgan fingerprint density at radius 1 is 1.14 bits per heavy atom. The molecule has 2 aromatic rings. The second-order valence-corrected chi connectivity index (χ2v) is 5.68. The van der Waals surface area contributed by atoms with Gasteiger partial charge in [-0.15, -0.1) is 0 Å². The highest BCUT2D eigenvalue weighted by Crippen LogP contribution is 2.17. The van der Waals surface area contributed by atoms with E-state index in [9.17, 15) is 4.79 Å². The zero-order valence-corrected chi connectivity index (χ0v) is 12.8. The molecule has 6 heteroatoms. The van der Waals surface area contributed by atoms with E-state index in [-0.39, 0.29) is 5.91 Å². The first kappa shape index (κ1) is 14.7. The van der Waals surface area contributed by atoms with E-state index in [0.717, 1.165) is 18.9 Å². The van der Waals surface area contributed by atoms with Gasteiger partial charge in [0.1, 0.15) is 5.82 Å². The summed E-state index contributed by atoms with van der Waals surface area (Å²) in [6.07, 6.45) is 1.64. The molecule has 0 bridgehead atoms. The van der Waals surface area contributed by atoms with Gasteiger partial charge in [-0.2, -0.15) is 0 Å². The molecule has 22 heavy (non-hydrogen) atoms. The van der Waals surface area contributed by atoms with E-state index >= 15 is 0 Å². The molecule has 5 nitrogen and oxygen atoms in total. The number of hydrogen-bond donors (Lipinski definition) is 1. The van der Waals surface area contributed by atoms with Crippen LogP contribution in [0.1, 0.15) is 10.4 Å². The van der Waals surface area contributed by atoms with E-state index in [4.69, 9.17) is 17.3 Å². The summed E-state index contributed by atoms with van der Waals surface area (Å²) in [5.41, 5.74) is 6.98. The molecule has 1 amide bonds. The van der Waals surface area contributed by atoms with Crippen molar-refractivity contribution >= 4 is 29.0 Å². The van der Waals surface area contributed by atoms with Crippen LogP contribution in [0.2, 0.25) is 5.02 Å². The van der Waals surface area contributed by atoms with Gasteiger partial charge in [0.2, 0.25) is 0 Å². The van der Waals surface area contributed by atoms with Crippen LogP contribution in [0, 0.1) is 0 Å². The molecule has 0 aliphatic carbocycles. The number of nitrogens with two attached hydrogens (primary N) is 1. The van der Waals surface area contributed by atoms with Gasteiger partial charge in [-0.25, -0.2) is 4.98 Å². The van der Waals surface area contributed by atoms with Gasteiger partial charge in [-0.3, -0.25) is 4.79 Å². The van der Waals surface area contributed by atoms with Gasteiger partial charge in [0.15, 0.2) is 0 Å². The number of pyridine rings is 1. The fourth-order valence-corrected chi connectivity index (χ4v) is 2.66. The maximum absolute atomic E-state index is 12.5. The second-order valence-electron chi connectivity index (χ2n) is 5.24. The molecule has 1 aromatic heterocycles. The summed E-state index contributed by atoms with van der Waals surface area (Å²) in [7, 11) is 0. The topological polar surface area (TPSA) is 62.5 Å². The number of carbonyl (C=O) groups is 1. The Morgan fingerprint density at radius 3 is 2.55 bits per heavy atom. The first-order valence-electron chi connectivity index (χ1n) is 7.15. The second kappa shape index (κ2) is 6.23. The largest absolute Gasteiger partial charge is 0.399 e. The summed E-state index contributed by atoms with van der Waals surface area (Å²) in [5, 5.41) is 0.624. The summed E-state index contributed by atoms with van der Waals surface area (Å²) in [6, 6.07) is 10.8. The highest BCUT2D eigenvalue weighted by atomic mass is 35.5. The fraction of sp³-hybridized carbons (Fsp3) is 0.250. The molecule has 1 aliphatic heterocycles. The molecule has 114 valence electrons. The molecule has 0 unspecified atom stereocenters. The minimum absolute atomic E-state index is 0.0241. The van der Waals surface area contributed by atoms with Crippen molar-refractivity contribution in [1.82, 2.24) is 9.88 Å². The third kappa shape index (κ3) is 3.14. The molecule has 0 spiro atoms. The molecule has 0 atom stereocenters. The molecule has 1 saturated heterocycles. The van der Waals surface area contributed by atoms with Gasteiger partial charge in [0, 0.05) is 43.6 Å². The van der Waals surface area contributed by atoms with Crippen molar-refractivity contribution in [2.45, 2.75) is 0 Å². The van der Waals surface area contributed by atoms with Crippen molar-refractivity contribution in [3.63, 3.8) is 0 Å². The summed E-state index contributed by atoms with van der Waals surface area (Å²) < 4.78 is 0. The van der Waals surface area contributed by atoms with Gasteiger partial charge in [0.25, 0.3) is 5.91 Å². The lowest BCUT2D eigenvalue weighted by Crippen LogP contribution is -2.49. The Kier molecular flexibility index (Phi) is 4.15. The summed E-state index contributed by atoms with van der Waals surface area (Å²) in [6.45, 7) is 2.83. The normalized spacial score (nSPS) is 15.0. The average molecular weight is 317 g/mol. The zero-order chi connectivity index (χ0) is 15.5. The smallest absolute Gasteiger partial charge is 0.254 e. The lowest BCUT2D eigenvalue weighted by atomic mass is 10.1. The molecular weight excluding hydrogens is 300 g/mol. The third-order valence-corrected chi connectivity index (χ3v) is 3.96. The number of benzene rings is 1. The lowest BCUT2D eigenvalue weighted by molar-refractivity contribution is 0.0746. The molecule has 1 aliphatic rings. The Bertz CT molecular complexity index is 666. The maximum Gasteiger partial charge on any atom is 0.254 e. The van der Waals surface area contributed by atoms with E-state index in [1.165, 1.54) is 0 Å². The first-order chi connectivity index (χ1) is 10.6. The monoisotopic (exact) mass is 316 g/mol. The van der Waals surface area contributed by atoms with Crippen LogP contribution in [0.25, 0.3) is 0 Å².